The molecule has 140 valence electrons. The number of benzene rings is 2. The van der Waals surface area contributed by atoms with E-state index in [1.807, 2.05) is 32.0 Å². The highest BCUT2D eigenvalue weighted by Gasteiger charge is 2.15. The summed E-state index contributed by atoms with van der Waals surface area (Å²) in [6.45, 7) is 4.09. The Bertz CT molecular complexity index is 1180. The van der Waals surface area contributed by atoms with Crippen LogP contribution in [0.4, 0.5) is 11.4 Å². The van der Waals surface area contributed by atoms with Crippen molar-refractivity contribution in [1.82, 2.24) is 25.0 Å². The van der Waals surface area contributed by atoms with E-state index in [4.69, 9.17) is 11.6 Å². The molecule has 2 aromatic carbocycles. The van der Waals surface area contributed by atoms with Gasteiger partial charge in [-0.15, -0.1) is 0 Å². The van der Waals surface area contributed by atoms with Crippen LogP contribution in [-0.4, -0.2) is 25.0 Å². The second-order valence-corrected chi connectivity index (χ2v) is 6.83. The second-order valence-electron chi connectivity index (χ2n) is 6.39. The molecule has 0 aliphatic rings. The third kappa shape index (κ3) is 3.52. The van der Waals surface area contributed by atoms with E-state index in [1.165, 1.54) is 22.6 Å². The minimum Gasteiger partial charge on any atom is -0.353 e. The summed E-state index contributed by atoms with van der Waals surface area (Å²) in [6, 6.07) is 14.4. The van der Waals surface area contributed by atoms with Crippen LogP contribution in [0.1, 0.15) is 11.1 Å². The Morgan fingerprint density at radius 2 is 1.82 bits per heavy atom. The first-order valence-electron chi connectivity index (χ1n) is 8.61. The molecule has 0 unspecified atom stereocenters. The van der Waals surface area contributed by atoms with E-state index in [1.54, 1.807) is 24.3 Å². The Morgan fingerprint density at radius 1 is 1.04 bits per heavy atom. The van der Waals surface area contributed by atoms with Gasteiger partial charge < -0.3 is 5.32 Å². The zero-order valence-corrected chi connectivity index (χ0v) is 16.0. The normalized spacial score (nSPS) is 10.8. The molecule has 2 N–H and O–H groups in total. The average Bonchev–Trinajstić information content (AvgIpc) is 3.20. The maximum atomic E-state index is 12.7. The number of rotatable bonds is 4. The predicted octanol–water partition coefficient (Wildman–Crippen LogP) is 4.03. The molecule has 0 spiro atoms. The molecule has 0 radical (unpaired) electrons. The van der Waals surface area contributed by atoms with Crippen LogP contribution < -0.4 is 10.9 Å². The standard InChI is InChI=1S/C20H17ClN6O/c1-12-3-6-15(9-13(12)2)24-17-10-18(28)27(16-7-4-14(21)5-8-16)26-19(17)20-22-11-23-25-20/h3-11,24H,1-2H3,(H,22,23,25). The highest BCUT2D eigenvalue weighted by atomic mass is 35.5. The smallest absolute Gasteiger partial charge is 0.273 e. The summed E-state index contributed by atoms with van der Waals surface area (Å²) in [5.74, 6) is 0.453. The maximum Gasteiger partial charge on any atom is 0.273 e. The Hall–Kier alpha value is -3.45. The van der Waals surface area contributed by atoms with Crippen LogP contribution in [0.25, 0.3) is 17.2 Å². The molecule has 0 amide bonds. The molecule has 0 saturated carbocycles. The van der Waals surface area contributed by atoms with Crippen molar-refractivity contribution in [3.8, 4) is 17.2 Å². The molecule has 8 heteroatoms. The van der Waals surface area contributed by atoms with Crippen LogP contribution in [0.3, 0.4) is 0 Å². The van der Waals surface area contributed by atoms with E-state index in [-0.39, 0.29) is 5.56 Å². The second kappa shape index (κ2) is 7.28. The van der Waals surface area contributed by atoms with Gasteiger partial charge in [-0.2, -0.15) is 14.9 Å². The lowest BCUT2D eigenvalue weighted by Crippen LogP contribution is -2.22. The predicted molar refractivity (Wildman–Crippen MR) is 109 cm³/mol. The summed E-state index contributed by atoms with van der Waals surface area (Å²) < 4.78 is 1.31. The van der Waals surface area contributed by atoms with Crippen molar-refractivity contribution in [3.63, 3.8) is 0 Å². The monoisotopic (exact) mass is 392 g/mol. The lowest BCUT2D eigenvalue weighted by atomic mass is 10.1. The zero-order chi connectivity index (χ0) is 19.7. The Morgan fingerprint density at radius 3 is 2.50 bits per heavy atom. The van der Waals surface area contributed by atoms with Crippen molar-refractivity contribution >= 4 is 23.0 Å². The van der Waals surface area contributed by atoms with Gasteiger partial charge in [0.15, 0.2) is 11.5 Å². The Balaban J connectivity index is 1.84. The van der Waals surface area contributed by atoms with E-state index >= 15 is 0 Å². The van der Waals surface area contributed by atoms with Crippen LogP contribution in [0.2, 0.25) is 5.02 Å². The molecule has 0 aliphatic heterocycles. The Kier molecular flexibility index (Phi) is 4.67. The van der Waals surface area contributed by atoms with Crippen LogP contribution >= 0.6 is 11.6 Å². The SMILES string of the molecule is Cc1ccc(Nc2cc(=O)n(-c3ccc(Cl)cc3)nc2-c2ncn[nH]2)cc1C. The van der Waals surface area contributed by atoms with Crippen LogP contribution in [0.5, 0.6) is 0 Å². The quantitative estimate of drug-likeness (QED) is 0.547. The number of aromatic amines is 1. The first kappa shape index (κ1) is 17.9. The van der Waals surface area contributed by atoms with E-state index < -0.39 is 0 Å². The molecule has 4 aromatic rings. The minimum absolute atomic E-state index is 0.281. The van der Waals surface area contributed by atoms with Crippen molar-refractivity contribution in [2.24, 2.45) is 0 Å². The summed E-state index contributed by atoms with van der Waals surface area (Å²) in [4.78, 5) is 16.9. The van der Waals surface area contributed by atoms with Crippen LogP contribution in [0.15, 0.2) is 59.7 Å². The first-order chi connectivity index (χ1) is 13.5. The van der Waals surface area contributed by atoms with E-state index in [0.717, 1.165) is 11.3 Å². The fraction of sp³-hybridized carbons (Fsp3) is 0.100. The third-order valence-corrected chi connectivity index (χ3v) is 4.68. The molecule has 0 fully saturated rings. The van der Waals surface area contributed by atoms with Gasteiger partial charge in [0.05, 0.1) is 11.4 Å². The lowest BCUT2D eigenvalue weighted by Gasteiger charge is -2.13. The number of aromatic nitrogens is 5. The molecule has 7 nitrogen and oxygen atoms in total. The number of aryl methyl sites for hydroxylation is 2. The van der Waals surface area contributed by atoms with Gasteiger partial charge in [0.25, 0.3) is 5.56 Å². The Labute approximate surface area is 166 Å². The molecule has 0 bridgehead atoms. The molecule has 0 saturated heterocycles. The third-order valence-electron chi connectivity index (χ3n) is 4.43. The van der Waals surface area contributed by atoms with Gasteiger partial charge in [0, 0.05) is 16.8 Å². The van der Waals surface area contributed by atoms with Gasteiger partial charge in [-0.3, -0.25) is 9.89 Å². The zero-order valence-electron chi connectivity index (χ0n) is 15.3. The number of nitrogens with zero attached hydrogens (tertiary/aromatic N) is 4. The molecule has 0 aliphatic carbocycles. The summed E-state index contributed by atoms with van der Waals surface area (Å²) in [6.07, 6.45) is 1.40. The van der Waals surface area contributed by atoms with Gasteiger partial charge >= 0.3 is 0 Å². The number of hydrogen-bond acceptors (Lipinski definition) is 5. The fourth-order valence-electron chi connectivity index (χ4n) is 2.79. The molecule has 4 rings (SSSR count). The highest BCUT2D eigenvalue weighted by molar-refractivity contribution is 6.30. The largest absolute Gasteiger partial charge is 0.353 e. The summed E-state index contributed by atoms with van der Waals surface area (Å²) in [5.41, 5.74) is 4.53. The number of hydrogen-bond donors (Lipinski definition) is 2. The van der Waals surface area contributed by atoms with E-state index in [2.05, 4.69) is 25.6 Å². The average molecular weight is 393 g/mol. The number of H-pyrrole nitrogens is 1. The lowest BCUT2D eigenvalue weighted by molar-refractivity contribution is 0.809. The van der Waals surface area contributed by atoms with Gasteiger partial charge in [-0.25, -0.2) is 4.98 Å². The van der Waals surface area contributed by atoms with Crippen molar-refractivity contribution in [2.75, 3.05) is 5.32 Å². The van der Waals surface area contributed by atoms with Gasteiger partial charge in [0.2, 0.25) is 0 Å². The van der Waals surface area contributed by atoms with Gasteiger partial charge in [-0.05, 0) is 61.4 Å². The first-order valence-corrected chi connectivity index (χ1v) is 8.99. The summed E-state index contributed by atoms with van der Waals surface area (Å²) in [7, 11) is 0. The summed E-state index contributed by atoms with van der Waals surface area (Å²) in [5, 5.41) is 15.1. The highest BCUT2D eigenvalue weighted by Crippen LogP contribution is 2.26. The van der Waals surface area contributed by atoms with Crippen molar-refractivity contribution < 1.29 is 0 Å². The number of nitrogens with one attached hydrogen (secondary N) is 2. The van der Waals surface area contributed by atoms with Crippen LogP contribution in [0, 0.1) is 13.8 Å². The molecule has 2 heterocycles. The van der Waals surface area contributed by atoms with Crippen molar-refractivity contribution in [3.05, 3.63) is 81.4 Å². The van der Waals surface area contributed by atoms with Crippen molar-refractivity contribution in [1.29, 1.82) is 0 Å². The van der Waals surface area contributed by atoms with Gasteiger partial charge in [0.1, 0.15) is 6.33 Å². The van der Waals surface area contributed by atoms with E-state index in [9.17, 15) is 4.79 Å². The molecule has 2 aromatic heterocycles. The van der Waals surface area contributed by atoms with Crippen LogP contribution in [-0.2, 0) is 0 Å². The fourth-order valence-corrected chi connectivity index (χ4v) is 2.91. The molecular formula is C20H17ClN6O. The molecular weight excluding hydrogens is 376 g/mol. The summed E-state index contributed by atoms with van der Waals surface area (Å²) >= 11 is 5.95. The minimum atomic E-state index is -0.281. The topological polar surface area (TPSA) is 88.5 Å². The van der Waals surface area contributed by atoms with Crippen molar-refractivity contribution in [2.45, 2.75) is 13.8 Å². The number of anilines is 2. The molecule has 28 heavy (non-hydrogen) atoms. The van der Waals surface area contributed by atoms with Gasteiger partial charge in [-0.1, -0.05) is 17.7 Å². The maximum absolute atomic E-state index is 12.7. The van der Waals surface area contributed by atoms with E-state index in [0.29, 0.717) is 27.9 Å². The number of halogens is 1. The molecule has 0 atom stereocenters.